The number of benzene rings is 3. The summed E-state index contributed by atoms with van der Waals surface area (Å²) in [6.45, 7) is -2.08. The molecule has 0 aromatic heterocycles. The van der Waals surface area contributed by atoms with Crippen LogP contribution in [0, 0.1) is 0 Å². The molecule has 5 aliphatic rings. The molecule has 3 saturated heterocycles. The van der Waals surface area contributed by atoms with E-state index in [0.717, 1.165) is 18.2 Å². The van der Waals surface area contributed by atoms with E-state index in [1.54, 1.807) is 0 Å². The maximum atomic E-state index is 13.1. The molecule has 25 heteroatoms. The molecule has 0 unspecified atom stereocenters. The maximum absolute atomic E-state index is 13.1. The average Bonchev–Trinajstić information content (AvgIpc) is 3.32. The van der Waals surface area contributed by atoms with Gasteiger partial charge in [0.25, 0.3) is 0 Å². The molecule has 4 aliphatic heterocycles. The van der Waals surface area contributed by atoms with Gasteiger partial charge in [0.05, 0.1) is 19.3 Å². The first-order valence-electron chi connectivity index (χ1n) is 21.2. The van der Waals surface area contributed by atoms with Gasteiger partial charge in [0.2, 0.25) is 12.6 Å². The number of aliphatic hydroxyl groups is 8. The molecule has 25 nitrogen and oxygen atoms in total. The number of hydrogen-bond donors (Lipinski definition) is 11. The highest BCUT2D eigenvalue weighted by atomic mass is 16.8. The van der Waals surface area contributed by atoms with Crippen molar-refractivity contribution in [3.63, 3.8) is 0 Å². The van der Waals surface area contributed by atoms with Gasteiger partial charge < -0.3 is 103 Å². The summed E-state index contributed by atoms with van der Waals surface area (Å²) in [6, 6.07) is 12.7. The third-order valence-electron chi connectivity index (χ3n) is 11.2. The highest BCUT2D eigenvalue weighted by molar-refractivity contribution is 5.90. The fraction of sp³-hybridized carbons (Fsp3) is 0.422. The van der Waals surface area contributed by atoms with E-state index in [2.05, 4.69) is 0 Å². The molecule has 0 saturated carbocycles. The number of aliphatic carboxylic acids is 1. The smallest absolute Gasteiger partial charge is 0.330 e. The first kappa shape index (κ1) is 51.4. The minimum atomic E-state index is -2.03. The number of rotatable bonds is 16. The van der Waals surface area contributed by atoms with Gasteiger partial charge in [-0.2, -0.15) is 0 Å². The lowest BCUT2D eigenvalue weighted by Crippen LogP contribution is -2.64. The standard InChI is InChI=1S/C45H48O25/c1-61-27-10-18(2-8-23(27)48)3-9-32(52)62-16-30-36(56)38(58)42(70-43-39(59)34(54)24(49)15-64-43)45(69-30)67-28-13-22-25(65-41(28)19-4-6-20(46)7-5-19)11-21(47)12-26(22)66-44-40(60)37(57)35(55)29(68-44)17-63-33(53)14-31(50)51/h2-13,24,29-30,34-40,42-46,48-49,54-60H,14-17H2,1H3,(H,50,51)/t24-,29-,30-,34+,35-,36-,37+,38+,39-,40-,42-,43+,44-,45-/m1/s1. The average molecular weight is 989 g/mol. The summed E-state index contributed by atoms with van der Waals surface area (Å²) in [5, 5.41) is 115. The van der Waals surface area contributed by atoms with Crippen LogP contribution in [-0.2, 0) is 42.8 Å². The first-order valence-corrected chi connectivity index (χ1v) is 21.2. The molecule has 11 N–H and O–H groups in total. The van der Waals surface area contributed by atoms with Crippen LogP contribution in [0.1, 0.15) is 12.0 Å². The summed E-state index contributed by atoms with van der Waals surface area (Å²) in [5.41, 5.74) is -0.258. The number of aromatic hydroxyl groups is 2. The zero-order chi connectivity index (χ0) is 50.6. The summed E-state index contributed by atoms with van der Waals surface area (Å²) in [4.78, 5) is 48.9. The van der Waals surface area contributed by atoms with Crippen molar-refractivity contribution in [3.8, 4) is 51.4 Å². The molecular weight excluding hydrogens is 940 g/mol. The van der Waals surface area contributed by atoms with Crippen molar-refractivity contribution in [1.29, 1.82) is 0 Å². The molecule has 7 rings (SSSR count). The van der Waals surface area contributed by atoms with Gasteiger partial charge in [0, 0.05) is 23.8 Å². The number of fused-ring (bicyclic) bond motifs is 1. The second-order valence-electron chi connectivity index (χ2n) is 16.1. The number of methoxy groups -OCH3 is 1. The fourth-order valence-corrected chi connectivity index (χ4v) is 7.42. The maximum Gasteiger partial charge on any atom is 0.330 e. The molecule has 378 valence electrons. The zero-order valence-electron chi connectivity index (χ0n) is 36.5. The molecule has 0 bridgehead atoms. The number of esters is 2. The van der Waals surface area contributed by atoms with Crippen LogP contribution >= 0.6 is 0 Å². The van der Waals surface area contributed by atoms with E-state index in [0.29, 0.717) is 5.56 Å². The normalized spacial score (nSPS) is 30.1. The van der Waals surface area contributed by atoms with Crippen LogP contribution in [0.4, 0.5) is 0 Å². The van der Waals surface area contributed by atoms with Gasteiger partial charge in [-0.25, -0.2) is 4.79 Å². The third-order valence-corrected chi connectivity index (χ3v) is 11.2. The van der Waals surface area contributed by atoms with Crippen LogP contribution in [0.3, 0.4) is 0 Å². The van der Waals surface area contributed by atoms with E-state index in [1.807, 2.05) is 0 Å². The predicted octanol–water partition coefficient (Wildman–Crippen LogP) is -2.06. The number of aliphatic hydroxyl groups excluding tert-OH is 8. The molecule has 2 aromatic rings. The van der Waals surface area contributed by atoms with Crippen molar-refractivity contribution in [1.82, 2.24) is 0 Å². The molecule has 14 atom stereocenters. The summed E-state index contributed by atoms with van der Waals surface area (Å²) >= 11 is 0. The largest absolute Gasteiger partial charge is 0.508 e. The second-order valence-corrected chi connectivity index (χ2v) is 16.1. The number of carboxylic acids is 1. The Hall–Kier alpha value is -6.46. The van der Waals surface area contributed by atoms with Crippen LogP contribution in [0.15, 0.2) is 76.0 Å². The van der Waals surface area contributed by atoms with Crippen molar-refractivity contribution < 1.29 is 118 Å². The minimum Gasteiger partial charge on any atom is -0.508 e. The van der Waals surface area contributed by atoms with E-state index >= 15 is 0 Å². The van der Waals surface area contributed by atoms with Gasteiger partial charge in [-0.3, -0.25) is 14.4 Å². The summed E-state index contributed by atoms with van der Waals surface area (Å²) in [5.74, 6) is -5.04. The van der Waals surface area contributed by atoms with Gasteiger partial charge >= 0.3 is 17.9 Å². The lowest BCUT2D eigenvalue weighted by atomic mass is 9.98. The Balaban J connectivity index is 1.23. The highest BCUT2D eigenvalue weighted by Gasteiger charge is 2.51. The molecular formula is C45H48O25. The van der Waals surface area contributed by atoms with Crippen LogP contribution in [-0.4, -0.2) is 187 Å². The van der Waals surface area contributed by atoms with E-state index in [4.69, 9.17) is 52.2 Å². The molecule has 3 fully saturated rings. The number of phenolic OH excluding ortho intramolecular Hbond substituents is 2. The molecule has 0 amide bonds. The number of carboxylic acid groups (broad SMARTS) is 1. The number of phenols is 2. The lowest BCUT2D eigenvalue weighted by Gasteiger charge is -2.44. The Morgan fingerprint density at radius 3 is 2.06 bits per heavy atom. The van der Waals surface area contributed by atoms with E-state index in [-0.39, 0.29) is 45.6 Å². The van der Waals surface area contributed by atoms with Crippen LogP contribution < -0.4 is 19.6 Å². The van der Waals surface area contributed by atoms with E-state index < -0.39 is 141 Å². The van der Waals surface area contributed by atoms with E-state index in [1.165, 1.54) is 61.7 Å². The number of ether oxygens (including phenoxy) is 9. The Kier molecular flexibility index (Phi) is 16.2. The Labute approximate surface area is 394 Å². The molecule has 70 heavy (non-hydrogen) atoms. The summed E-state index contributed by atoms with van der Waals surface area (Å²) in [6.07, 6.45) is -24.5. The molecule has 0 radical (unpaired) electrons. The van der Waals surface area contributed by atoms with Crippen molar-refractivity contribution in [3.05, 3.63) is 82.5 Å². The van der Waals surface area contributed by atoms with Gasteiger partial charge in [0.1, 0.15) is 97.9 Å². The highest BCUT2D eigenvalue weighted by Crippen LogP contribution is 2.43. The third kappa shape index (κ3) is 11.8. The summed E-state index contributed by atoms with van der Waals surface area (Å²) < 4.78 is 56.7. The SMILES string of the molecule is COc1cc(C=CC(=O)OC[C@H]2O[C@@H](Oc3cc4c(O[C@@H]5O[C@H](COC(=O)CC(=O)O)[C@@H](O)[C@H](O)[C@H]5O)cc(=O)cc-4oc3-c3ccc(O)cc3)[C@H](O[C@@H]3OC[C@@H](O)[C@H](O)[C@H]3O)[C@@H](O)[C@@H]2O)ccc1O. The van der Waals surface area contributed by atoms with Crippen molar-refractivity contribution in [2.24, 2.45) is 0 Å². The Morgan fingerprint density at radius 1 is 0.700 bits per heavy atom. The Bertz CT molecular complexity index is 2530. The van der Waals surface area contributed by atoms with Crippen molar-refractivity contribution in [2.45, 2.75) is 92.4 Å². The van der Waals surface area contributed by atoms with Gasteiger partial charge in [0.15, 0.2) is 40.8 Å². The quantitative estimate of drug-likeness (QED) is 0.0327. The lowest BCUT2D eigenvalue weighted by molar-refractivity contribution is -0.345. The first-order chi connectivity index (χ1) is 33.3. The van der Waals surface area contributed by atoms with Crippen molar-refractivity contribution in [2.75, 3.05) is 26.9 Å². The minimum absolute atomic E-state index is 0.124. The monoisotopic (exact) mass is 988 g/mol. The van der Waals surface area contributed by atoms with Gasteiger partial charge in [-0.1, -0.05) is 6.07 Å². The zero-order valence-corrected chi connectivity index (χ0v) is 36.5. The van der Waals surface area contributed by atoms with Crippen LogP contribution in [0.2, 0.25) is 0 Å². The molecule has 1 aliphatic carbocycles. The van der Waals surface area contributed by atoms with Crippen molar-refractivity contribution >= 4 is 24.0 Å². The van der Waals surface area contributed by atoms with Gasteiger partial charge in [-0.15, -0.1) is 0 Å². The van der Waals surface area contributed by atoms with Crippen LogP contribution in [0.5, 0.6) is 28.7 Å². The molecule has 0 spiro atoms. The number of hydrogen-bond acceptors (Lipinski definition) is 24. The van der Waals surface area contributed by atoms with Gasteiger partial charge in [-0.05, 0) is 54.1 Å². The topological polar surface area (TPSA) is 387 Å². The van der Waals surface area contributed by atoms with Crippen LogP contribution in [0.25, 0.3) is 28.7 Å². The number of carbonyl (C=O) groups is 3. The second kappa shape index (κ2) is 22.1. The predicted molar refractivity (Wildman–Crippen MR) is 228 cm³/mol. The molecule has 4 heterocycles. The number of carbonyl (C=O) groups excluding carboxylic acids is 2. The summed E-state index contributed by atoms with van der Waals surface area (Å²) in [7, 11) is 1.33. The van der Waals surface area contributed by atoms with E-state index in [9.17, 15) is 70.2 Å². The fourth-order valence-electron chi connectivity index (χ4n) is 7.42. The molecule has 2 aromatic carbocycles. The Morgan fingerprint density at radius 2 is 1.36 bits per heavy atom.